The molecule has 0 bridgehead atoms. The Labute approximate surface area is 126 Å². The van der Waals surface area contributed by atoms with E-state index in [0.29, 0.717) is 24.8 Å². The Hall–Kier alpha value is -1.33. The van der Waals surface area contributed by atoms with Gasteiger partial charge in [0.05, 0.1) is 4.47 Å². The molecule has 106 valence electrons. The number of benzene rings is 1. The molecule has 2 N–H and O–H groups in total. The summed E-state index contributed by atoms with van der Waals surface area (Å²) < 4.78 is 6.59. The lowest BCUT2D eigenvalue weighted by atomic mass is 10.1. The van der Waals surface area contributed by atoms with Crippen LogP contribution in [-0.2, 0) is 0 Å². The summed E-state index contributed by atoms with van der Waals surface area (Å²) >= 11 is 3.44. The van der Waals surface area contributed by atoms with Crippen LogP contribution in [0, 0.1) is 5.92 Å². The first kappa shape index (κ1) is 13.6. The van der Waals surface area contributed by atoms with Crippen LogP contribution < -0.4 is 5.73 Å². The minimum absolute atomic E-state index is 0.0449. The van der Waals surface area contributed by atoms with Gasteiger partial charge in [-0.25, -0.2) is 0 Å². The Bertz CT molecular complexity index is 652. The van der Waals surface area contributed by atoms with Crippen molar-refractivity contribution in [1.82, 2.24) is 4.90 Å². The number of carbonyl (C=O) groups is 1. The third-order valence-electron chi connectivity index (χ3n) is 3.96. The molecule has 1 fully saturated rings. The molecule has 4 nitrogen and oxygen atoms in total. The summed E-state index contributed by atoms with van der Waals surface area (Å²) in [5, 5.41) is 0.935. The number of nitrogens with zero attached hydrogens (tertiary/aromatic N) is 1. The zero-order chi connectivity index (χ0) is 14.3. The number of hydrogen-bond acceptors (Lipinski definition) is 3. The molecule has 5 heteroatoms. The van der Waals surface area contributed by atoms with Gasteiger partial charge in [0.15, 0.2) is 5.76 Å². The predicted octanol–water partition coefficient (Wildman–Crippen LogP) is 3.00. The lowest BCUT2D eigenvalue weighted by molar-refractivity contribution is 0.0713. The molecule has 1 aliphatic rings. The van der Waals surface area contributed by atoms with Crippen molar-refractivity contribution in [3.8, 4) is 0 Å². The number of para-hydroxylation sites is 1. The van der Waals surface area contributed by atoms with Crippen molar-refractivity contribution in [3.63, 3.8) is 0 Å². The topological polar surface area (TPSA) is 59.5 Å². The molecule has 3 rings (SSSR count). The standard InChI is InChI=1S/C15H17BrN2O2/c1-9-5-10(7-17)8-18(9)15(19)13-6-11-3-2-4-12(16)14(11)20-13/h2-4,6,9-10H,5,7-8,17H2,1H3. The average molecular weight is 337 g/mol. The number of furan rings is 1. The van der Waals surface area contributed by atoms with Gasteiger partial charge in [0, 0.05) is 18.0 Å². The Kier molecular flexibility index (Phi) is 3.56. The van der Waals surface area contributed by atoms with E-state index in [2.05, 4.69) is 22.9 Å². The minimum Gasteiger partial charge on any atom is -0.450 e. The van der Waals surface area contributed by atoms with Gasteiger partial charge < -0.3 is 15.1 Å². The van der Waals surface area contributed by atoms with Gasteiger partial charge in [-0.1, -0.05) is 12.1 Å². The summed E-state index contributed by atoms with van der Waals surface area (Å²) in [7, 11) is 0. The minimum atomic E-state index is -0.0449. The molecular formula is C15H17BrN2O2. The maximum atomic E-state index is 12.6. The quantitative estimate of drug-likeness (QED) is 0.916. The molecule has 0 radical (unpaired) electrons. The first-order valence-corrected chi connectivity index (χ1v) is 7.58. The smallest absolute Gasteiger partial charge is 0.289 e. The summed E-state index contributed by atoms with van der Waals surface area (Å²) in [5.74, 6) is 0.748. The highest BCUT2D eigenvalue weighted by atomic mass is 79.9. The SMILES string of the molecule is CC1CC(CN)CN1C(=O)c1cc2cccc(Br)c2o1. The van der Waals surface area contributed by atoms with E-state index in [9.17, 15) is 4.79 Å². The van der Waals surface area contributed by atoms with Crippen molar-refractivity contribution >= 4 is 32.8 Å². The Morgan fingerprint density at radius 2 is 2.35 bits per heavy atom. The average Bonchev–Trinajstić information content (AvgIpc) is 3.02. The van der Waals surface area contributed by atoms with Crippen LogP contribution in [0.4, 0.5) is 0 Å². The third-order valence-corrected chi connectivity index (χ3v) is 4.59. The summed E-state index contributed by atoms with van der Waals surface area (Å²) in [4.78, 5) is 14.4. The van der Waals surface area contributed by atoms with E-state index in [1.54, 1.807) is 0 Å². The highest BCUT2D eigenvalue weighted by Crippen LogP contribution is 2.30. The molecule has 0 aliphatic carbocycles. The van der Waals surface area contributed by atoms with Crippen molar-refractivity contribution < 1.29 is 9.21 Å². The number of carbonyl (C=O) groups excluding carboxylic acids is 1. The van der Waals surface area contributed by atoms with Crippen LogP contribution in [0.3, 0.4) is 0 Å². The van der Waals surface area contributed by atoms with Crippen LogP contribution in [0.5, 0.6) is 0 Å². The van der Waals surface area contributed by atoms with Gasteiger partial charge in [-0.2, -0.15) is 0 Å². The summed E-state index contributed by atoms with van der Waals surface area (Å²) in [6.07, 6.45) is 0.964. The van der Waals surface area contributed by atoms with Gasteiger partial charge >= 0.3 is 0 Å². The molecule has 0 saturated carbocycles. The summed E-state index contributed by atoms with van der Waals surface area (Å²) in [6.45, 7) is 3.40. The van der Waals surface area contributed by atoms with Crippen LogP contribution >= 0.6 is 15.9 Å². The third kappa shape index (κ3) is 2.25. The molecule has 1 saturated heterocycles. The fraction of sp³-hybridized carbons (Fsp3) is 0.400. The van der Waals surface area contributed by atoms with Gasteiger partial charge in [0.1, 0.15) is 5.58 Å². The van der Waals surface area contributed by atoms with Gasteiger partial charge in [0.25, 0.3) is 5.91 Å². The maximum Gasteiger partial charge on any atom is 0.289 e. The van der Waals surface area contributed by atoms with Crippen LogP contribution in [0.2, 0.25) is 0 Å². The highest BCUT2D eigenvalue weighted by Gasteiger charge is 2.33. The Balaban J connectivity index is 1.91. The molecule has 20 heavy (non-hydrogen) atoms. The number of hydrogen-bond donors (Lipinski definition) is 1. The van der Waals surface area contributed by atoms with Gasteiger partial charge in [0.2, 0.25) is 0 Å². The van der Waals surface area contributed by atoms with E-state index < -0.39 is 0 Å². The molecule has 2 unspecified atom stereocenters. The fourth-order valence-electron chi connectivity index (χ4n) is 2.87. The number of nitrogens with two attached hydrogens (primary N) is 1. The monoisotopic (exact) mass is 336 g/mol. The predicted molar refractivity (Wildman–Crippen MR) is 81.6 cm³/mol. The second-order valence-corrected chi connectivity index (χ2v) is 6.27. The maximum absolute atomic E-state index is 12.6. The van der Waals surface area contributed by atoms with Gasteiger partial charge in [-0.15, -0.1) is 0 Å². The molecule has 1 aromatic carbocycles. The van der Waals surface area contributed by atoms with E-state index in [0.717, 1.165) is 21.9 Å². The number of rotatable bonds is 2. The number of amides is 1. The highest BCUT2D eigenvalue weighted by molar-refractivity contribution is 9.10. The van der Waals surface area contributed by atoms with Crippen LogP contribution in [0.1, 0.15) is 23.9 Å². The second-order valence-electron chi connectivity index (χ2n) is 5.41. The van der Waals surface area contributed by atoms with E-state index >= 15 is 0 Å². The molecule has 1 aromatic heterocycles. The van der Waals surface area contributed by atoms with Crippen molar-refractivity contribution in [3.05, 3.63) is 34.5 Å². The van der Waals surface area contributed by atoms with Crippen molar-refractivity contribution in [2.24, 2.45) is 11.7 Å². The van der Waals surface area contributed by atoms with E-state index in [1.165, 1.54) is 0 Å². The lowest BCUT2D eigenvalue weighted by Crippen LogP contribution is -2.34. The van der Waals surface area contributed by atoms with Crippen molar-refractivity contribution in [1.29, 1.82) is 0 Å². The molecule has 1 aliphatic heterocycles. The number of fused-ring (bicyclic) bond motifs is 1. The van der Waals surface area contributed by atoms with Crippen LogP contribution in [-0.4, -0.2) is 29.9 Å². The van der Waals surface area contributed by atoms with E-state index in [4.69, 9.17) is 10.2 Å². The summed E-state index contributed by atoms with van der Waals surface area (Å²) in [6, 6.07) is 7.80. The van der Waals surface area contributed by atoms with Crippen LogP contribution in [0.25, 0.3) is 11.0 Å². The number of halogens is 1. The van der Waals surface area contributed by atoms with Crippen molar-refractivity contribution in [2.45, 2.75) is 19.4 Å². The van der Waals surface area contributed by atoms with Crippen molar-refractivity contribution in [2.75, 3.05) is 13.1 Å². The van der Waals surface area contributed by atoms with Gasteiger partial charge in [-0.3, -0.25) is 4.79 Å². The normalized spacial score (nSPS) is 22.6. The van der Waals surface area contributed by atoms with Crippen LogP contribution in [0.15, 0.2) is 33.2 Å². The molecule has 1 amide bonds. The molecule has 2 atom stereocenters. The zero-order valence-electron chi connectivity index (χ0n) is 11.3. The molecule has 2 heterocycles. The summed E-state index contributed by atoms with van der Waals surface area (Å²) in [5.41, 5.74) is 6.43. The number of likely N-dealkylation sites (tertiary alicyclic amines) is 1. The Morgan fingerprint density at radius 3 is 3.00 bits per heavy atom. The lowest BCUT2D eigenvalue weighted by Gasteiger charge is -2.19. The molecular weight excluding hydrogens is 320 g/mol. The first-order valence-electron chi connectivity index (χ1n) is 6.79. The van der Waals surface area contributed by atoms with E-state index in [1.807, 2.05) is 29.2 Å². The first-order chi connectivity index (χ1) is 9.60. The second kappa shape index (κ2) is 5.22. The zero-order valence-corrected chi connectivity index (χ0v) is 12.9. The Morgan fingerprint density at radius 1 is 1.55 bits per heavy atom. The molecule has 0 spiro atoms. The largest absolute Gasteiger partial charge is 0.450 e. The van der Waals surface area contributed by atoms with Gasteiger partial charge in [-0.05, 0) is 53.9 Å². The molecule has 2 aromatic rings. The fourth-order valence-corrected chi connectivity index (χ4v) is 3.33. The van der Waals surface area contributed by atoms with E-state index in [-0.39, 0.29) is 11.9 Å².